The fourth-order valence-corrected chi connectivity index (χ4v) is 3.70. The standard InChI is InChI=1S/C17H30N2OS/c1-14-4-7-19(8-5-14)12-17(20)11-18(3)15(2)10-16-6-9-21-13-16/h6,9,13-15,17,20H,4-5,7-8,10-12H2,1-3H3. The Hall–Kier alpha value is -0.420. The van der Waals surface area contributed by atoms with Crippen LogP contribution in [0.3, 0.4) is 0 Å². The lowest BCUT2D eigenvalue weighted by Gasteiger charge is -2.33. The Bertz CT molecular complexity index is 388. The van der Waals surface area contributed by atoms with Crippen molar-refractivity contribution >= 4 is 11.3 Å². The number of aliphatic hydroxyl groups is 1. The molecule has 2 heterocycles. The molecule has 1 saturated heterocycles. The van der Waals surface area contributed by atoms with E-state index in [2.05, 4.69) is 47.5 Å². The van der Waals surface area contributed by atoms with Crippen molar-refractivity contribution < 1.29 is 5.11 Å². The molecular weight excluding hydrogens is 280 g/mol. The quantitative estimate of drug-likeness (QED) is 0.839. The van der Waals surface area contributed by atoms with Crippen LogP contribution in [-0.2, 0) is 6.42 Å². The summed E-state index contributed by atoms with van der Waals surface area (Å²) in [6.07, 6.45) is 3.37. The van der Waals surface area contributed by atoms with E-state index < -0.39 is 0 Å². The highest BCUT2D eigenvalue weighted by atomic mass is 32.1. The van der Waals surface area contributed by atoms with Gasteiger partial charge in [0, 0.05) is 19.1 Å². The van der Waals surface area contributed by atoms with E-state index in [0.29, 0.717) is 6.04 Å². The molecular formula is C17H30N2OS. The van der Waals surface area contributed by atoms with Crippen molar-refractivity contribution in [3.63, 3.8) is 0 Å². The third-order valence-electron chi connectivity index (χ3n) is 4.71. The van der Waals surface area contributed by atoms with Crippen molar-refractivity contribution in [3.05, 3.63) is 22.4 Å². The molecule has 0 bridgehead atoms. The zero-order valence-electron chi connectivity index (χ0n) is 13.7. The maximum absolute atomic E-state index is 10.3. The molecule has 2 unspecified atom stereocenters. The second-order valence-corrected chi connectivity index (χ2v) is 7.54. The zero-order chi connectivity index (χ0) is 15.2. The van der Waals surface area contributed by atoms with E-state index in [-0.39, 0.29) is 6.10 Å². The number of likely N-dealkylation sites (N-methyl/N-ethyl adjacent to an activating group) is 1. The van der Waals surface area contributed by atoms with Crippen LogP contribution in [0.1, 0.15) is 32.3 Å². The van der Waals surface area contributed by atoms with Gasteiger partial charge in [-0.25, -0.2) is 0 Å². The molecule has 1 aliphatic rings. The van der Waals surface area contributed by atoms with Crippen molar-refractivity contribution in [1.29, 1.82) is 0 Å². The second-order valence-electron chi connectivity index (χ2n) is 6.76. The normalized spacial score (nSPS) is 20.8. The van der Waals surface area contributed by atoms with E-state index >= 15 is 0 Å². The van der Waals surface area contributed by atoms with Gasteiger partial charge in [-0.3, -0.25) is 0 Å². The Balaban J connectivity index is 1.69. The molecule has 1 aromatic heterocycles. The van der Waals surface area contributed by atoms with Gasteiger partial charge in [-0.1, -0.05) is 6.92 Å². The van der Waals surface area contributed by atoms with Gasteiger partial charge in [-0.15, -0.1) is 0 Å². The van der Waals surface area contributed by atoms with Gasteiger partial charge in [0.25, 0.3) is 0 Å². The van der Waals surface area contributed by atoms with Crippen LogP contribution in [0.15, 0.2) is 16.8 Å². The highest BCUT2D eigenvalue weighted by Crippen LogP contribution is 2.16. The summed E-state index contributed by atoms with van der Waals surface area (Å²) >= 11 is 1.76. The molecule has 0 saturated carbocycles. The van der Waals surface area contributed by atoms with Crippen LogP contribution in [0, 0.1) is 5.92 Å². The molecule has 3 nitrogen and oxygen atoms in total. The fraction of sp³-hybridized carbons (Fsp3) is 0.765. The third-order valence-corrected chi connectivity index (χ3v) is 5.44. The van der Waals surface area contributed by atoms with E-state index in [1.54, 1.807) is 11.3 Å². The molecule has 0 aliphatic carbocycles. The van der Waals surface area contributed by atoms with Crippen molar-refractivity contribution in [2.45, 2.75) is 45.3 Å². The monoisotopic (exact) mass is 310 g/mol. The summed E-state index contributed by atoms with van der Waals surface area (Å²) in [7, 11) is 2.12. The van der Waals surface area contributed by atoms with Crippen LogP contribution >= 0.6 is 11.3 Å². The average molecular weight is 311 g/mol. The number of aliphatic hydroxyl groups excluding tert-OH is 1. The smallest absolute Gasteiger partial charge is 0.0793 e. The predicted octanol–water partition coefficient (Wildman–Crippen LogP) is 2.70. The Kier molecular flexibility index (Phi) is 6.68. The first kappa shape index (κ1) is 16.9. The van der Waals surface area contributed by atoms with E-state index in [1.165, 1.54) is 18.4 Å². The lowest BCUT2D eigenvalue weighted by Crippen LogP contribution is -2.44. The minimum Gasteiger partial charge on any atom is -0.390 e. The second kappa shape index (κ2) is 8.28. The lowest BCUT2D eigenvalue weighted by molar-refractivity contribution is 0.0590. The maximum Gasteiger partial charge on any atom is 0.0793 e. The van der Waals surface area contributed by atoms with Gasteiger partial charge in [0.1, 0.15) is 0 Å². The Morgan fingerprint density at radius 3 is 2.76 bits per heavy atom. The molecule has 4 heteroatoms. The first-order valence-electron chi connectivity index (χ1n) is 8.16. The molecule has 1 fully saturated rings. The Morgan fingerprint density at radius 2 is 2.14 bits per heavy atom. The molecule has 21 heavy (non-hydrogen) atoms. The minimum atomic E-state index is -0.242. The van der Waals surface area contributed by atoms with Crippen LogP contribution in [0.2, 0.25) is 0 Å². The predicted molar refractivity (Wildman–Crippen MR) is 91.0 cm³/mol. The summed E-state index contributed by atoms with van der Waals surface area (Å²) < 4.78 is 0. The number of rotatable bonds is 7. The number of thiophene rings is 1. The molecule has 2 atom stereocenters. The molecule has 120 valence electrons. The highest BCUT2D eigenvalue weighted by Gasteiger charge is 2.20. The average Bonchev–Trinajstić information content (AvgIpc) is 2.94. The van der Waals surface area contributed by atoms with Crippen LogP contribution in [0.5, 0.6) is 0 Å². The van der Waals surface area contributed by atoms with Gasteiger partial charge >= 0.3 is 0 Å². The maximum atomic E-state index is 10.3. The number of likely N-dealkylation sites (tertiary alicyclic amines) is 1. The van der Waals surface area contributed by atoms with Crippen molar-refractivity contribution in [3.8, 4) is 0 Å². The van der Waals surface area contributed by atoms with Gasteiger partial charge in [0.2, 0.25) is 0 Å². The summed E-state index contributed by atoms with van der Waals surface area (Å²) in [5.41, 5.74) is 1.40. The molecule has 0 spiro atoms. The van der Waals surface area contributed by atoms with Gasteiger partial charge in [-0.2, -0.15) is 11.3 Å². The van der Waals surface area contributed by atoms with Gasteiger partial charge in [-0.05, 0) is 74.6 Å². The SMILES string of the molecule is CC1CCN(CC(O)CN(C)C(C)Cc2ccsc2)CC1. The number of hydrogen-bond acceptors (Lipinski definition) is 4. The van der Waals surface area contributed by atoms with E-state index in [4.69, 9.17) is 0 Å². The summed E-state index contributed by atoms with van der Waals surface area (Å²) in [5.74, 6) is 0.853. The number of nitrogens with zero attached hydrogens (tertiary/aromatic N) is 2. The van der Waals surface area contributed by atoms with Gasteiger partial charge in [0.05, 0.1) is 6.10 Å². The van der Waals surface area contributed by atoms with E-state index in [9.17, 15) is 5.11 Å². The van der Waals surface area contributed by atoms with Crippen LogP contribution in [0.25, 0.3) is 0 Å². The largest absolute Gasteiger partial charge is 0.390 e. The van der Waals surface area contributed by atoms with Crippen LogP contribution < -0.4 is 0 Å². The molecule has 2 rings (SSSR count). The summed E-state index contributed by atoms with van der Waals surface area (Å²) in [6.45, 7) is 8.44. The number of piperidine rings is 1. The number of hydrogen-bond donors (Lipinski definition) is 1. The minimum absolute atomic E-state index is 0.242. The first-order chi connectivity index (χ1) is 10.0. The molecule has 1 aromatic rings. The van der Waals surface area contributed by atoms with Gasteiger partial charge < -0.3 is 14.9 Å². The number of β-amino-alcohol motifs (C(OH)–C–C–N with tert-alkyl or cyclic N) is 1. The third kappa shape index (κ3) is 5.70. The zero-order valence-corrected chi connectivity index (χ0v) is 14.5. The molecule has 0 radical (unpaired) electrons. The van der Waals surface area contributed by atoms with Crippen molar-refractivity contribution in [1.82, 2.24) is 9.80 Å². The van der Waals surface area contributed by atoms with Crippen LogP contribution in [-0.4, -0.2) is 60.3 Å². The van der Waals surface area contributed by atoms with Crippen molar-refractivity contribution in [2.75, 3.05) is 33.2 Å². The van der Waals surface area contributed by atoms with E-state index in [0.717, 1.165) is 38.5 Å². The van der Waals surface area contributed by atoms with E-state index in [1.807, 2.05) is 0 Å². The Labute approximate surface area is 133 Å². The molecule has 1 aliphatic heterocycles. The molecule has 0 aromatic carbocycles. The molecule has 1 N–H and O–H groups in total. The highest BCUT2D eigenvalue weighted by molar-refractivity contribution is 7.07. The fourth-order valence-electron chi connectivity index (χ4n) is 3.02. The summed E-state index contributed by atoms with van der Waals surface area (Å²) in [4.78, 5) is 4.71. The first-order valence-corrected chi connectivity index (χ1v) is 9.10. The summed E-state index contributed by atoms with van der Waals surface area (Å²) in [6, 6.07) is 2.66. The topological polar surface area (TPSA) is 26.7 Å². The Morgan fingerprint density at radius 1 is 1.43 bits per heavy atom. The lowest BCUT2D eigenvalue weighted by atomic mass is 9.99. The molecule has 0 amide bonds. The van der Waals surface area contributed by atoms with Gasteiger partial charge in [0.15, 0.2) is 0 Å². The van der Waals surface area contributed by atoms with Crippen LogP contribution in [0.4, 0.5) is 0 Å². The van der Waals surface area contributed by atoms with Crippen molar-refractivity contribution in [2.24, 2.45) is 5.92 Å². The summed E-state index contributed by atoms with van der Waals surface area (Å²) in [5, 5.41) is 14.7.